The molecule has 128 valence electrons. The summed E-state index contributed by atoms with van der Waals surface area (Å²) in [6.07, 6.45) is 0.875. The monoisotopic (exact) mass is 418 g/mol. The van der Waals surface area contributed by atoms with Gasteiger partial charge in [-0.3, -0.25) is 9.10 Å². The number of hydrogen-bond donors (Lipinski definition) is 1. The Morgan fingerprint density at radius 3 is 2.42 bits per heavy atom. The summed E-state index contributed by atoms with van der Waals surface area (Å²) in [4.78, 5) is 12.1. The van der Waals surface area contributed by atoms with E-state index in [1.807, 2.05) is 0 Å². The maximum absolute atomic E-state index is 13.4. The van der Waals surface area contributed by atoms with E-state index in [0.29, 0.717) is 14.5 Å². The Kier molecular flexibility index (Phi) is 5.55. The molecule has 0 spiro atoms. The van der Waals surface area contributed by atoms with E-state index in [2.05, 4.69) is 21.2 Å². The van der Waals surface area contributed by atoms with E-state index >= 15 is 0 Å². The highest BCUT2D eigenvalue weighted by molar-refractivity contribution is 9.10. The lowest BCUT2D eigenvalue weighted by Crippen LogP contribution is -2.37. The van der Waals surface area contributed by atoms with Crippen molar-refractivity contribution >= 4 is 43.2 Å². The number of carbonyl (C=O) groups excluding carboxylic acids is 1. The van der Waals surface area contributed by atoms with Crippen LogP contribution in [0.4, 0.5) is 20.2 Å². The summed E-state index contributed by atoms with van der Waals surface area (Å²) in [6.45, 7) is -0.578. The molecule has 0 unspecified atom stereocenters. The molecule has 0 fully saturated rings. The quantitative estimate of drug-likeness (QED) is 0.810. The first kappa shape index (κ1) is 18.3. The average molecular weight is 419 g/mol. The number of halogens is 3. The lowest BCUT2D eigenvalue weighted by atomic mass is 10.3. The van der Waals surface area contributed by atoms with Crippen molar-refractivity contribution in [2.24, 2.45) is 0 Å². The third kappa shape index (κ3) is 4.51. The number of rotatable bonds is 5. The van der Waals surface area contributed by atoms with Gasteiger partial charge in [0, 0.05) is 10.5 Å². The molecule has 2 rings (SSSR count). The number of sulfonamides is 1. The largest absolute Gasteiger partial charge is 0.323 e. The molecule has 0 aromatic heterocycles. The van der Waals surface area contributed by atoms with E-state index in [1.165, 1.54) is 0 Å². The molecule has 0 aliphatic carbocycles. The van der Waals surface area contributed by atoms with E-state index in [0.717, 1.165) is 24.5 Å². The van der Waals surface area contributed by atoms with Gasteiger partial charge in [-0.2, -0.15) is 0 Å². The van der Waals surface area contributed by atoms with Crippen molar-refractivity contribution < 1.29 is 22.0 Å². The van der Waals surface area contributed by atoms with E-state index in [4.69, 9.17) is 0 Å². The van der Waals surface area contributed by atoms with Crippen LogP contribution in [0.15, 0.2) is 46.9 Å². The van der Waals surface area contributed by atoms with E-state index in [9.17, 15) is 22.0 Å². The third-order valence-electron chi connectivity index (χ3n) is 3.03. The van der Waals surface area contributed by atoms with Gasteiger partial charge in [0.15, 0.2) is 11.6 Å². The molecule has 2 aromatic rings. The fraction of sp³-hybridized carbons (Fsp3) is 0.133. The Hall–Kier alpha value is -2.00. The van der Waals surface area contributed by atoms with Crippen LogP contribution >= 0.6 is 15.9 Å². The summed E-state index contributed by atoms with van der Waals surface area (Å²) in [5.74, 6) is -2.94. The van der Waals surface area contributed by atoms with E-state index in [1.54, 1.807) is 24.3 Å². The maximum Gasteiger partial charge on any atom is 0.245 e. The highest BCUT2D eigenvalue weighted by Gasteiger charge is 2.22. The second kappa shape index (κ2) is 7.27. The van der Waals surface area contributed by atoms with Gasteiger partial charge in [0.05, 0.1) is 17.6 Å². The number of carbonyl (C=O) groups is 1. The molecule has 0 saturated heterocycles. The predicted molar refractivity (Wildman–Crippen MR) is 91.3 cm³/mol. The maximum atomic E-state index is 13.4. The van der Waals surface area contributed by atoms with E-state index in [-0.39, 0.29) is 5.69 Å². The first-order valence-electron chi connectivity index (χ1n) is 6.65. The van der Waals surface area contributed by atoms with Crippen LogP contribution in [-0.4, -0.2) is 27.1 Å². The zero-order valence-corrected chi connectivity index (χ0v) is 14.9. The van der Waals surface area contributed by atoms with Crippen LogP contribution in [-0.2, 0) is 14.8 Å². The van der Waals surface area contributed by atoms with E-state index < -0.39 is 34.1 Å². The Morgan fingerprint density at radius 1 is 1.17 bits per heavy atom. The zero-order valence-electron chi connectivity index (χ0n) is 12.5. The van der Waals surface area contributed by atoms with Crippen LogP contribution in [0.3, 0.4) is 0 Å². The molecule has 0 aliphatic heterocycles. The molecular formula is C15H13BrF2N2O3S. The van der Waals surface area contributed by atoms with Gasteiger partial charge >= 0.3 is 0 Å². The lowest BCUT2D eigenvalue weighted by Gasteiger charge is -2.22. The van der Waals surface area contributed by atoms with Crippen molar-refractivity contribution in [1.29, 1.82) is 0 Å². The number of anilines is 2. The first-order chi connectivity index (χ1) is 11.2. The molecule has 2 aromatic carbocycles. The molecular weight excluding hydrogens is 406 g/mol. The molecule has 0 bridgehead atoms. The third-order valence-corrected chi connectivity index (χ3v) is 4.86. The van der Waals surface area contributed by atoms with Crippen molar-refractivity contribution in [3.8, 4) is 0 Å². The van der Waals surface area contributed by atoms with Crippen molar-refractivity contribution in [2.75, 3.05) is 22.4 Å². The number of benzene rings is 2. The normalized spacial score (nSPS) is 11.2. The Morgan fingerprint density at radius 2 is 1.83 bits per heavy atom. The van der Waals surface area contributed by atoms with Gasteiger partial charge in [-0.25, -0.2) is 17.2 Å². The van der Waals surface area contributed by atoms with Crippen molar-refractivity contribution in [3.05, 3.63) is 58.6 Å². The molecule has 1 amide bonds. The highest BCUT2D eigenvalue weighted by Crippen LogP contribution is 2.23. The fourth-order valence-corrected chi connectivity index (χ4v) is 3.16. The second-order valence-corrected chi connectivity index (χ2v) is 7.66. The minimum atomic E-state index is -3.87. The van der Waals surface area contributed by atoms with Gasteiger partial charge < -0.3 is 5.32 Å². The average Bonchev–Trinajstić information content (AvgIpc) is 2.49. The molecule has 0 heterocycles. The van der Waals surface area contributed by atoms with Crippen LogP contribution in [0.2, 0.25) is 0 Å². The fourth-order valence-electron chi connectivity index (χ4n) is 1.92. The van der Waals surface area contributed by atoms with Crippen molar-refractivity contribution in [3.63, 3.8) is 0 Å². The van der Waals surface area contributed by atoms with Gasteiger partial charge in [0.2, 0.25) is 15.9 Å². The lowest BCUT2D eigenvalue weighted by molar-refractivity contribution is -0.114. The Balaban J connectivity index is 2.25. The predicted octanol–water partition coefficient (Wildman–Crippen LogP) is 3.13. The van der Waals surface area contributed by atoms with Crippen molar-refractivity contribution in [1.82, 2.24) is 0 Å². The molecule has 24 heavy (non-hydrogen) atoms. The van der Waals surface area contributed by atoms with Crippen LogP contribution in [0, 0.1) is 11.6 Å². The van der Waals surface area contributed by atoms with Crippen molar-refractivity contribution in [2.45, 2.75) is 0 Å². The molecule has 0 radical (unpaired) electrons. The van der Waals surface area contributed by atoms with Crippen LogP contribution in [0.1, 0.15) is 0 Å². The summed E-state index contributed by atoms with van der Waals surface area (Å²) in [7, 11) is -3.87. The van der Waals surface area contributed by atoms with Gasteiger partial charge in [0.1, 0.15) is 6.54 Å². The SMILES string of the molecule is CS(=O)(=O)N(CC(=O)Nc1ccccc1Br)c1ccc(F)c(F)c1. The molecule has 1 N–H and O–H groups in total. The van der Waals surface area contributed by atoms with Crippen LogP contribution in [0.25, 0.3) is 0 Å². The number of nitrogens with one attached hydrogen (secondary N) is 1. The summed E-state index contributed by atoms with van der Waals surface area (Å²) >= 11 is 3.26. The Bertz CT molecular complexity index is 875. The molecule has 0 saturated carbocycles. The Labute approximate surface area is 146 Å². The second-order valence-electron chi connectivity index (χ2n) is 4.90. The number of amides is 1. The summed E-state index contributed by atoms with van der Waals surface area (Å²) in [6, 6.07) is 9.40. The smallest absolute Gasteiger partial charge is 0.245 e. The van der Waals surface area contributed by atoms with Gasteiger partial charge in [-0.15, -0.1) is 0 Å². The zero-order chi connectivity index (χ0) is 17.9. The van der Waals surface area contributed by atoms with Crippen LogP contribution < -0.4 is 9.62 Å². The highest BCUT2D eigenvalue weighted by atomic mass is 79.9. The molecule has 5 nitrogen and oxygen atoms in total. The summed E-state index contributed by atoms with van der Waals surface area (Å²) in [5.41, 5.74) is 0.319. The van der Waals surface area contributed by atoms with Gasteiger partial charge in [-0.05, 0) is 40.2 Å². The topological polar surface area (TPSA) is 66.5 Å². The minimum Gasteiger partial charge on any atom is -0.323 e. The van der Waals surface area contributed by atoms with Gasteiger partial charge in [0.25, 0.3) is 0 Å². The summed E-state index contributed by atoms with van der Waals surface area (Å²) in [5, 5.41) is 2.55. The number of hydrogen-bond acceptors (Lipinski definition) is 3. The first-order valence-corrected chi connectivity index (χ1v) is 9.30. The standard InChI is InChI=1S/C15H13BrF2N2O3S/c1-24(22,23)20(10-6-7-12(17)13(18)8-10)9-15(21)19-14-5-3-2-4-11(14)16/h2-8H,9H2,1H3,(H,19,21). The number of nitrogens with zero attached hydrogens (tertiary/aromatic N) is 1. The van der Waals surface area contributed by atoms with Crippen LogP contribution in [0.5, 0.6) is 0 Å². The summed E-state index contributed by atoms with van der Waals surface area (Å²) < 4.78 is 51.5. The molecule has 0 atom stereocenters. The molecule has 9 heteroatoms. The number of para-hydroxylation sites is 1. The molecule has 0 aliphatic rings. The van der Waals surface area contributed by atoms with Gasteiger partial charge in [-0.1, -0.05) is 12.1 Å². The minimum absolute atomic E-state index is 0.140.